The van der Waals surface area contributed by atoms with Gasteiger partial charge < -0.3 is 14.6 Å². The lowest BCUT2D eigenvalue weighted by Crippen LogP contribution is -2.17. The summed E-state index contributed by atoms with van der Waals surface area (Å²) in [5, 5.41) is 9.49. The van der Waals surface area contributed by atoms with Gasteiger partial charge in [-0.2, -0.15) is 0 Å². The van der Waals surface area contributed by atoms with Gasteiger partial charge in [-0.1, -0.05) is 0 Å². The first-order valence-corrected chi connectivity index (χ1v) is 4.87. The van der Waals surface area contributed by atoms with E-state index in [-0.39, 0.29) is 0 Å². The third-order valence-corrected chi connectivity index (χ3v) is 1.76. The van der Waals surface area contributed by atoms with Gasteiger partial charge in [0.25, 0.3) is 0 Å². The zero-order chi connectivity index (χ0) is 11.1. The van der Waals surface area contributed by atoms with Crippen LogP contribution in [0.3, 0.4) is 0 Å². The van der Waals surface area contributed by atoms with E-state index in [9.17, 15) is 5.11 Å². The summed E-state index contributed by atoms with van der Waals surface area (Å²) in [6.45, 7) is 2.73. The molecule has 0 aliphatic rings. The molecule has 5 heteroatoms. The van der Waals surface area contributed by atoms with Gasteiger partial charge >= 0.3 is 0 Å². The van der Waals surface area contributed by atoms with Crippen molar-refractivity contribution in [3.05, 3.63) is 18.1 Å². The summed E-state index contributed by atoms with van der Waals surface area (Å²) in [5.41, 5.74) is 0.700. The average molecular weight is 212 g/mol. The molecule has 0 bridgehead atoms. The van der Waals surface area contributed by atoms with Crippen LogP contribution >= 0.6 is 0 Å². The lowest BCUT2D eigenvalue weighted by atomic mass is 10.2. The maximum atomic E-state index is 9.49. The van der Waals surface area contributed by atoms with Crippen molar-refractivity contribution in [2.75, 3.05) is 20.3 Å². The Morgan fingerprint density at radius 3 is 2.93 bits per heavy atom. The number of rotatable bonds is 6. The fourth-order valence-corrected chi connectivity index (χ4v) is 1.19. The van der Waals surface area contributed by atoms with Crippen molar-refractivity contribution in [3.63, 3.8) is 0 Å². The monoisotopic (exact) mass is 212 g/mol. The predicted octanol–water partition coefficient (Wildman–Crippen LogP) is 0.425. The largest absolute Gasteiger partial charge is 0.477 e. The lowest BCUT2D eigenvalue weighted by Gasteiger charge is -2.09. The summed E-state index contributed by atoms with van der Waals surface area (Å²) in [7, 11) is 1.55. The van der Waals surface area contributed by atoms with Crippen LogP contribution in [0, 0.1) is 0 Å². The Labute approximate surface area is 89.1 Å². The Kier molecular flexibility index (Phi) is 5.00. The summed E-state index contributed by atoms with van der Waals surface area (Å²) in [6, 6.07) is 0. The lowest BCUT2D eigenvalue weighted by molar-refractivity contribution is 0.0643. The van der Waals surface area contributed by atoms with Crippen LogP contribution < -0.4 is 4.74 Å². The molecule has 0 amide bonds. The summed E-state index contributed by atoms with van der Waals surface area (Å²) in [5.74, 6) is 0.486. The third-order valence-electron chi connectivity index (χ3n) is 1.76. The molecule has 1 unspecified atom stereocenters. The average Bonchev–Trinajstić information content (AvgIpc) is 2.19. The highest BCUT2D eigenvalue weighted by atomic mass is 16.5. The molecule has 0 aromatic carbocycles. The van der Waals surface area contributed by atoms with Gasteiger partial charge in [0.1, 0.15) is 0 Å². The first-order chi connectivity index (χ1) is 7.26. The standard InChI is InChI=1S/C10H16N2O3/c1-3-15-10-6-11-5-8(12-10)4-9(13)7-14-2/h5-6,9,13H,3-4,7H2,1-2H3. The first-order valence-electron chi connectivity index (χ1n) is 4.87. The highest BCUT2D eigenvalue weighted by Crippen LogP contribution is 2.06. The van der Waals surface area contributed by atoms with Crippen LogP contribution in [0.2, 0.25) is 0 Å². The van der Waals surface area contributed by atoms with E-state index < -0.39 is 6.10 Å². The minimum absolute atomic E-state index is 0.292. The van der Waals surface area contributed by atoms with Crippen LogP contribution in [0.5, 0.6) is 5.88 Å². The fourth-order valence-electron chi connectivity index (χ4n) is 1.19. The maximum Gasteiger partial charge on any atom is 0.232 e. The molecule has 0 spiro atoms. The van der Waals surface area contributed by atoms with Gasteiger partial charge in [-0.05, 0) is 6.92 Å². The smallest absolute Gasteiger partial charge is 0.232 e. The van der Waals surface area contributed by atoms with Crippen LogP contribution in [-0.4, -0.2) is 41.5 Å². The van der Waals surface area contributed by atoms with Crippen LogP contribution in [0.1, 0.15) is 12.6 Å². The molecule has 0 aliphatic carbocycles. The first kappa shape index (κ1) is 11.9. The zero-order valence-corrected chi connectivity index (χ0v) is 9.01. The number of hydrogen-bond acceptors (Lipinski definition) is 5. The molecule has 15 heavy (non-hydrogen) atoms. The van der Waals surface area contributed by atoms with Crippen molar-refractivity contribution < 1.29 is 14.6 Å². The molecule has 1 atom stereocenters. The van der Waals surface area contributed by atoms with E-state index >= 15 is 0 Å². The Bertz CT molecular complexity index is 294. The highest BCUT2D eigenvalue weighted by Gasteiger charge is 2.07. The minimum Gasteiger partial charge on any atom is -0.477 e. The van der Waals surface area contributed by atoms with Gasteiger partial charge in [0, 0.05) is 19.7 Å². The molecule has 1 N–H and O–H groups in total. The summed E-state index contributed by atoms with van der Waals surface area (Å²) in [6.07, 6.45) is 3.03. The Morgan fingerprint density at radius 1 is 1.47 bits per heavy atom. The fraction of sp³-hybridized carbons (Fsp3) is 0.600. The van der Waals surface area contributed by atoms with Crippen LogP contribution in [0.15, 0.2) is 12.4 Å². The van der Waals surface area contributed by atoms with E-state index in [1.807, 2.05) is 6.92 Å². The second-order valence-corrected chi connectivity index (χ2v) is 3.09. The molecular weight excluding hydrogens is 196 g/mol. The van der Waals surface area contributed by atoms with E-state index in [1.54, 1.807) is 19.5 Å². The van der Waals surface area contributed by atoms with E-state index in [4.69, 9.17) is 9.47 Å². The van der Waals surface area contributed by atoms with Crippen molar-refractivity contribution in [1.82, 2.24) is 9.97 Å². The van der Waals surface area contributed by atoms with Crippen molar-refractivity contribution in [3.8, 4) is 5.88 Å². The number of methoxy groups -OCH3 is 1. The SMILES string of the molecule is CCOc1cncc(CC(O)COC)n1. The Hall–Kier alpha value is -1.20. The molecule has 1 aromatic heterocycles. The number of nitrogens with zero attached hydrogens (tertiary/aromatic N) is 2. The molecule has 1 aromatic rings. The maximum absolute atomic E-state index is 9.49. The van der Waals surface area contributed by atoms with E-state index in [2.05, 4.69) is 9.97 Å². The molecule has 84 valence electrons. The van der Waals surface area contributed by atoms with Crippen molar-refractivity contribution in [1.29, 1.82) is 0 Å². The quantitative estimate of drug-likeness (QED) is 0.740. The van der Waals surface area contributed by atoms with Crippen LogP contribution in [-0.2, 0) is 11.2 Å². The van der Waals surface area contributed by atoms with Gasteiger partial charge in [-0.3, -0.25) is 4.98 Å². The normalized spacial score (nSPS) is 12.5. The van der Waals surface area contributed by atoms with Crippen molar-refractivity contribution in [2.24, 2.45) is 0 Å². The molecule has 0 radical (unpaired) electrons. The van der Waals surface area contributed by atoms with Crippen LogP contribution in [0.4, 0.5) is 0 Å². The molecule has 0 fully saturated rings. The summed E-state index contributed by atoms with van der Waals surface area (Å²) >= 11 is 0. The molecule has 0 saturated carbocycles. The minimum atomic E-state index is -0.554. The second-order valence-electron chi connectivity index (χ2n) is 3.09. The Morgan fingerprint density at radius 2 is 2.27 bits per heavy atom. The summed E-state index contributed by atoms with van der Waals surface area (Å²) < 4.78 is 10.0. The summed E-state index contributed by atoms with van der Waals surface area (Å²) in [4.78, 5) is 8.16. The predicted molar refractivity (Wildman–Crippen MR) is 54.8 cm³/mol. The number of aliphatic hydroxyl groups is 1. The second kappa shape index (κ2) is 6.31. The number of aliphatic hydroxyl groups excluding tert-OH is 1. The van der Waals surface area contributed by atoms with E-state index in [0.29, 0.717) is 31.2 Å². The number of aromatic nitrogens is 2. The highest BCUT2D eigenvalue weighted by molar-refractivity contribution is 5.09. The molecular formula is C10H16N2O3. The van der Waals surface area contributed by atoms with Crippen molar-refractivity contribution >= 4 is 0 Å². The van der Waals surface area contributed by atoms with Gasteiger partial charge in [-0.15, -0.1) is 0 Å². The number of hydrogen-bond donors (Lipinski definition) is 1. The molecule has 1 heterocycles. The molecule has 1 rings (SSSR count). The van der Waals surface area contributed by atoms with Gasteiger partial charge in [0.15, 0.2) is 0 Å². The van der Waals surface area contributed by atoms with E-state index in [0.717, 1.165) is 0 Å². The Balaban J connectivity index is 2.56. The van der Waals surface area contributed by atoms with Crippen LogP contribution in [0.25, 0.3) is 0 Å². The van der Waals surface area contributed by atoms with Gasteiger partial charge in [-0.25, -0.2) is 4.98 Å². The molecule has 5 nitrogen and oxygen atoms in total. The third kappa shape index (κ3) is 4.22. The molecule has 0 saturated heterocycles. The van der Waals surface area contributed by atoms with Gasteiger partial charge in [0.2, 0.25) is 5.88 Å². The van der Waals surface area contributed by atoms with Crippen molar-refractivity contribution in [2.45, 2.75) is 19.4 Å². The van der Waals surface area contributed by atoms with Gasteiger partial charge in [0.05, 0.1) is 31.2 Å². The zero-order valence-electron chi connectivity index (χ0n) is 9.01. The topological polar surface area (TPSA) is 64.5 Å². The molecule has 0 aliphatic heterocycles. The van der Waals surface area contributed by atoms with E-state index in [1.165, 1.54) is 0 Å². The number of ether oxygens (including phenoxy) is 2.